The van der Waals surface area contributed by atoms with Gasteiger partial charge in [0.05, 0.1) is 0 Å². The van der Waals surface area contributed by atoms with Gasteiger partial charge in [0.2, 0.25) is 0 Å². The van der Waals surface area contributed by atoms with Crippen LogP contribution in [0.1, 0.15) is 44.2 Å². The lowest BCUT2D eigenvalue weighted by Gasteiger charge is -2.12. The molecule has 1 N–H and O–H groups in total. The molecular weight excluding hydrogens is 179 g/mol. The number of aryl methyl sites for hydroxylation is 1. The van der Waals surface area contributed by atoms with Crippen molar-refractivity contribution in [2.45, 2.75) is 39.5 Å². The molecule has 14 heavy (non-hydrogen) atoms. The minimum atomic E-state index is -0.200. The average Bonchev–Trinajstić information content (AvgIpc) is 2.19. The summed E-state index contributed by atoms with van der Waals surface area (Å²) in [7, 11) is 0. The van der Waals surface area contributed by atoms with E-state index in [2.05, 4.69) is 0 Å². The van der Waals surface area contributed by atoms with Crippen molar-refractivity contribution in [2.75, 3.05) is 0 Å². The monoisotopic (exact) mass is 196 g/mol. The fourth-order valence-electron chi connectivity index (χ4n) is 1.50. The first-order valence-corrected chi connectivity index (χ1v) is 5.11. The first-order valence-electron chi connectivity index (χ1n) is 5.11. The summed E-state index contributed by atoms with van der Waals surface area (Å²) in [4.78, 5) is 0. The van der Waals surface area contributed by atoms with Crippen LogP contribution in [0.25, 0.3) is 0 Å². The molecule has 0 amide bonds. The molecule has 0 bridgehead atoms. The average molecular weight is 196 g/mol. The molecule has 1 atom stereocenters. The molecule has 0 aliphatic carbocycles. The van der Waals surface area contributed by atoms with E-state index in [4.69, 9.17) is 0 Å². The number of rotatable bonds is 3. The molecule has 0 heterocycles. The Morgan fingerprint density at radius 2 is 2.00 bits per heavy atom. The van der Waals surface area contributed by atoms with Crippen LogP contribution in [0.5, 0.6) is 5.75 Å². The molecule has 2 heteroatoms. The summed E-state index contributed by atoms with van der Waals surface area (Å²) in [5.74, 6) is 0.171. The number of phenolic OH excluding ortho intramolecular Hbond substituents is 1. The Kier molecular flexibility index (Phi) is 3.50. The normalized spacial score (nSPS) is 12.9. The van der Waals surface area contributed by atoms with Crippen molar-refractivity contribution in [2.24, 2.45) is 0 Å². The lowest BCUT2D eigenvalue weighted by Crippen LogP contribution is -1.97. The van der Waals surface area contributed by atoms with Crippen LogP contribution in [0.4, 0.5) is 4.39 Å². The lowest BCUT2D eigenvalue weighted by atomic mass is 9.96. The van der Waals surface area contributed by atoms with Crippen LogP contribution < -0.4 is 0 Å². The van der Waals surface area contributed by atoms with Gasteiger partial charge >= 0.3 is 0 Å². The molecule has 1 unspecified atom stereocenters. The maximum Gasteiger partial charge on any atom is 0.127 e. The van der Waals surface area contributed by atoms with E-state index >= 15 is 0 Å². The molecule has 0 saturated carbocycles. The largest absolute Gasteiger partial charge is 0.508 e. The molecule has 0 aliphatic rings. The van der Waals surface area contributed by atoms with Crippen LogP contribution >= 0.6 is 0 Å². The highest BCUT2D eigenvalue weighted by Gasteiger charge is 2.12. The Hall–Kier alpha value is -1.05. The minimum absolute atomic E-state index is 0.159. The Morgan fingerprint density at radius 3 is 2.50 bits per heavy atom. The van der Waals surface area contributed by atoms with Crippen LogP contribution in [0.15, 0.2) is 12.1 Å². The van der Waals surface area contributed by atoms with Gasteiger partial charge in [0.15, 0.2) is 0 Å². The first kappa shape index (κ1) is 11.0. The Morgan fingerprint density at radius 1 is 1.36 bits per heavy atom. The second kappa shape index (κ2) is 4.45. The number of benzene rings is 1. The Bertz CT molecular complexity index is 320. The van der Waals surface area contributed by atoms with E-state index in [0.29, 0.717) is 17.5 Å². The van der Waals surface area contributed by atoms with Crippen LogP contribution in [0, 0.1) is 5.82 Å². The van der Waals surface area contributed by atoms with Crippen molar-refractivity contribution in [1.82, 2.24) is 0 Å². The molecule has 0 aliphatic heterocycles. The van der Waals surface area contributed by atoms with Gasteiger partial charge in [-0.3, -0.25) is 0 Å². The zero-order valence-corrected chi connectivity index (χ0v) is 8.97. The molecule has 1 aromatic carbocycles. The third-order valence-corrected chi connectivity index (χ3v) is 2.72. The third kappa shape index (κ3) is 2.06. The predicted molar refractivity (Wildman–Crippen MR) is 56.1 cm³/mol. The van der Waals surface area contributed by atoms with E-state index in [1.807, 2.05) is 20.8 Å². The number of hydrogen-bond donors (Lipinski definition) is 1. The summed E-state index contributed by atoms with van der Waals surface area (Å²) in [5, 5.41) is 9.59. The summed E-state index contributed by atoms with van der Waals surface area (Å²) in [5.41, 5.74) is 1.29. The van der Waals surface area contributed by atoms with E-state index in [1.54, 1.807) is 6.07 Å². The molecular formula is C12H17FO. The van der Waals surface area contributed by atoms with Gasteiger partial charge in [-0.15, -0.1) is 0 Å². The maximum absolute atomic E-state index is 13.5. The molecule has 1 rings (SSSR count). The van der Waals surface area contributed by atoms with Gasteiger partial charge in [0, 0.05) is 0 Å². The van der Waals surface area contributed by atoms with Crippen molar-refractivity contribution >= 4 is 0 Å². The van der Waals surface area contributed by atoms with E-state index in [9.17, 15) is 9.50 Å². The number of phenols is 1. The summed E-state index contributed by atoms with van der Waals surface area (Å²) in [6.45, 7) is 5.87. The quantitative estimate of drug-likeness (QED) is 0.783. The van der Waals surface area contributed by atoms with Crippen molar-refractivity contribution < 1.29 is 9.50 Å². The summed E-state index contributed by atoms with van der Waals surface area (Å²) in [6, 6.07) is 3.00. The fourth-order valence-corrected chi connectivity index (χ4v) is 1.50. The molecule has 78 valence electrons. The van der Waals surface area contributed by atoms with E-state index in [0.717, 1.165) is 6.42 Å². The Labute approximate surface area is 84.6 Å². The first-order chi connectivity index (χ1) is 6.60. The number of aromatic hydroxyl groups is 1. The van der Waals surface area contributed by atoms with Crippen LogP contribution in [-0.4, -0.2) is 5.11 Å². The van der Waals surface area contributed by atoms with Crippen molar-refractivity contribution in [3.8, 4) is 5.75 Å². The second-order valence-corrected chi connectivity index (χ2v) is 3.67. The van der Waals surface area contributed by atoms with Gasteiger partial charge in [-0.2, -0.15) is 0 Å². The number of halogens is 1. The zero-order valence-electron chi connectivity index (χ0n) is 8.97. The van der Waals surface area contributed by atoms with E-state index < -0.39 is 0 Å². The second-order valence-electron chi connectivity index (χ2n) is 3.67. The highest BCUT2D eigenvalue weighted by atomic mass is 19.1. The van der Waals surface area contributed by atoms with E-state index in [1.165, 1.54) is 6.07 Å². The lowest BCUT2D eigenvalue weighted by molar-refractivity contribution is 0.462. The molecule has 0 aromatic heterocycles. The SMILES string of the molecule is CCc1cc(F)c(C(C)CC)cc1O. The maximum atomic E-state index is 13.5. The van der Waals surface area contributed by atoms with Crippen molar-refractivity contribution in [3.05, 3.63) is 29.1 Å². The molecule has 0 spiro atoms. The highest BCUT2D eigenvalue weighted by Crippen LogP contribution is 2.28. The zero-order chi connectivity index (χ0) is 10.7. The Balaban J connectivity index is 3.14. The summed E-state index contributed by atoms with van der Waals surface area (Å²) in [6.07, 6.45) is 1.53. The third-order valence-electron chi connectivity index (χ3n) is 2.72. The van der Waals surface area contributed by atoms with Gasteiger partial charge in [0.25, 0.3) is 0 Å². The molecule has 0 fully saturated rings. The highest BCUT2D eigenvalue weighted by molar-refractivity contribution is 5.38. The molecule has 1 nitrogen and oxygen atoms in total. The summed E-state index contributed by atoms with van der Waals surface area (Å²) < 4.78 is 13.5. The standard InChI is InChI=1S/C12H17FO/c1-4-8(3)10-7-12(14)9(5-2)6-11(10)13/h6-8,14H,4-5H2,1-3H3. The van der Waals surface area contributed by atoms with Gasteiger partial charge in [-0.1, -0.05) is 20.8 Å². The molecule has 1 aromatic rings. The smallest absolute Gasteiger partial charge is 0.127 e. The van der Waals surface area contributed by atoms with Crippen molar-refractivity contribution in [3.63, 3.8) is 0 Å². The molecule has 0 saturated heterocycles. The van der Waals surface area contributed by atoms with Crippen LogP contribution in [0.3, 0.4) is 0 Å². The van der Waals surface area contributed by atoms with Crippen LogP contribution in [-0.2, 0) is 6.42 Å². The molecule has 0 radical (unpaired) electrons. The fraction of sp³-hybridized carbons (Fsp3) is 0.500. The van der Waals surface area contributed by atoms with Crippen LogP contribution in [0.2, 0.25) is 0 Å². The van der Waals surface area contributed by atoms with Gasteiger partial charge in [-0.25, -0.2) is 4.39 Å². The number of hydrogen-bond acceptors (Lipinski definition) is 1. The topological polar surface area (TPSA) is 20.2 Å². The van der Waals surface area contributed by atoms with Gasteiger partial charge in [-0.05, 0) is 42.0 Å². The van der Waals surface area contributed by atoms with Crippen molar-refractivity contribution in [1.29, 1.82) is 0 Å². The van der Waals surface area contributed by atoms with Gasteiger partial charge in [0.1, 0.15) is 11.6 Å². The predicted octanol–water partition coefficient (Wildman–Crippen LogP) is 3.61. The minimum Gasteiger partial charge on any atom is -0.508 e. The summed E-state index contributed by atoms with van der Waals surface area (Å²) >= 11 is 0. The van der Waals surface area contributed by atoms with Gasteiger partial charge < -0.3 is 5.11 Å². The van der Waals surface area contributed by atoms with E-state index in [-0.39, 0.29) is 17.5 Å².